The van der Waals surface area contributed by atoms with Crippen LogP contribution >= 0.6 is 0 Å². The van der Waals surface area contributed by atoms with Crippen LogP contribution in [0, 0.1) is 5.92 Å². The fourth-order valence-electron chi connectivity index (χ4n) is 2.52. The van der Waals surface area contributed by atoms with E-state index in [9.17, 15) is 14.7 Å². The van der Waals surface area contributed by atoms with E-state index in [2.05, 4.69) is 19.2 Å². The van der Waals surface area contributed by atoms with Crippen molar-refractivity contribution in [3.8, 4) is 5.75 Å². The molecule has 0 bridgehead atoms. The second-order valence-electron chi connectivity index (χ2n) is 6.29. The molecule has 25 heavy (non-hydrogen) atoms. The van der Waals surface area contributed by atoms with Gasteiger partial charge in [0.2, 0.25) is 0 Å². The molecule has 132 valence electrons. The molecule has 0 saturated carbocycles. The smallest absolute Gasteiger partial charge is 0.338 e. The summed E-state index contributed by atoms with van der Waals surface area (Å²) in [5.74, 6) is -0.630. The lowest BCUT2D eigenvalue weighted by Gasteiger charge is -2.21. The zero-order valence-corrected chi connectivity index (χ0v) is 14.4. The average molecular weight is 341 g/mol. The summed E-state index contributed by atoms with van der Waals surface area (Å²) in [6.45, 7) is 3.81. The maximum absolute atomic E-state index is 12.2. The number of hydrogen-bond acceptors (Lipinski definition) is 4. The molecule has 0 unspecified atom stereocenters. The number of hydrogen-bond donors (Lipinski definition) is 2. The van der Waals surface area contributed by atoms with E-state index in [0.717, 1.165) is 12.0 Å². The number of esters is 1. The molecule has 5 nitrogen and oxygen atoms in total. The van der Waals surface area contributed by atoms with Crippen LogP contribution in [0.1, 0.15) is 42.2 Å². The third-order valence-electron chi connectivity index (χ3n) is 3.66. The van der Waals surface area contributed by atoms with Crippen molar-refractivity contribution in [1.82, 2.24) is 5.32 Å². The molecule has 2 aromatic rings. The van der Waals surface area contributed by atoms with E-state index in [1.807, 2.05) is 30.3 Å². The number of carbonyl (C=O) groups is 2. The van der Waals surface area contributed by atoms with E-state index >= 15 is 0 Å². The molecule has 0 aliphatic heterocycles. The summed E-state index contributed by atoms with van der Waals surface area (Å²) >= 11 is 0. The molecule has 1 atom stereocenters. The van der Waals surface area contributed by atoms with Crippen LogP contribution in [-0.4, -0.2) is 23.6 Å². The highest BCUT2D eigenvalue weighted by Gasteiger charge is 2.17. The number of rotatable bonds is 7. The Kier molecular flexibility index (Phi) is 6.57. The van der Waals surface area contributed by atoms with E-state index < -0.39 is 5.97 Å². The van der Waals surface area contributed by atoms with E-state index in [1.54, 1.807) is 6.07 Å². The number of phenolic OH excluding ortho intramolecular Hbond substituents is 1. The molecule has 0 aliphatic rings. The highest BCUT2D eigenvalue weighted by molar-refractivity contribution is 5.91. The van der Waals surface area contributed by atoms with Crippen molar-refractivity contribution < 1.29 is 19.4 Å². The fourth-order valence-corrected chi connectivity index (χ4v) is 2.52. The van der Waals surface area contributed by atoms with Crippen molar-refractivity contribution in [2.24, 2.45) is 5.92 Å². The van der Waals surface area contributed by atoms with Gasteiger partial charge in [-0.05, 0) is 36.1 Å². The van der Waals surface area contributed by atoms with E-state index in [1.165, 1.54) is 18.2 Å². The Balaban J connectivity index is 1.93. The van der Waals surface area contributed by atoms with E-state index in [-0.39, 0.29) is 29.9 Å². The first kappa shape index (κ1) is 18.5. The number of phenols is 1. The predicted octanol–water partition coefficient (Wildman–Crippen LogP) is 3.45. The van der Waals surface area contributed by atoms with Gasteiger partial charge in [0.25, 0.3) is 5.91 Å². The second-order valence-corrected chi connectivity index (χ2v) is 6.29. The Morgan fingerprint density at radius 1 is 1.08 bits per heavy atom. The molecule has 0 heterocycles. The largest absolute Gasteiger partial charge is 0.508 e. The quantitative estimate of drug-likeness (QED) is 0.756. The van der Waals surface area contributed by atoms with Gasteiger partial charge in [0.1, 0.15) is 5.75 Å². The monoisotopic (exact) mass is 341 g/mol. The Morgan fingerprint density at radius 2 is 1.80 bits per heavy atom. The maximum atomic E-state index is 12.2. The second kappa shape index (κ2) is 8.87. The van der Waals surface area contributed by atoms with Gasteiger partial charge in [0, 0.05) is 0 Å². The summed E-state index contributed by atoms with van der Waals surface area (Å²) in [7, 11) is 0. The van der Waals surface area contributed by atoms with E-state index in [4.69, 9.17) is 4.74 Å². The molecule has 5 heteroatoms. The summed E-state index contributed by atoms with van der Waals surface area (Å²) in [5.41, 5.74) is 1.22. The molecule has 0 radical (unpaired) electrons. The molecule has 0 saturated heterocycles. The minimum atomic E-state index is -0.647. The first-order valence-electron chi connectivity index (χ1n) is 8.26. The van der Waals surface area contributed by atoms with Crippen molar-refractivity contribution in [3.05, 3.63) is 65.7 Å². The van der Waals surface area contributed by atoms with Gasteiger partial charge >= 0.3 is 5.97 Å². The number of carbonyl (C=O) groups excluding carboxylic acids is 2. The number of ether oxygens (including phenoxy) is 1. The molecular formula is C20H23NO4. The van der Waals surface area contributed by atoms with Gasteiger partial charge in [0.05, 0.1) is 11.6 Å². The highest BCUT2D eigenvalue weighted by atomic mass is 16.5. The SMILES string of the molecule is CC(C)C[C@H](NC(=O)COC(=O)c1cccc(O)c1)c1ccccc1. The fraction of sp³-hybridized carbons (Fsp3) is 0.300. The van der Waals surface area contributed by atoms with E-state index in [0.29, 0.717) is 5.92 Å². The molecule has 1 amide bonds. The lowest BCUT2D eigenvalue weighted by molar-refractivity contribution is -0.125. The summed E-state index contributed by atoms with van der Waals surface area (Å²) in [6.07, 6.45) is 0.788. The first-order valence-corrected chi connectivity index (χ1v) is 8.26. The van der Waals surface area contributed by atoms with Gasteiger partial charge in [-0.25, -0.2) is 4.79 Å². The Morgan fingerprint density at radius 3 is 2.44 bits per heavy atom. The molecule has 2 aromatic carbocycles. The van der Waals surface area contributed by atoms with Gasteiger partial charge in [-0.15, -0.1) is 0 Å². The lowest BCUT2D eigenvalue weighted by Crippen LogP contribution is -2.33. The van der Waals surface area contributed by atoms with Crippen molar-refractivity contribution in [2.45, 2.75) is 26.3 Å². The van der Waals surface area contributed by atoms with Crippen molar-refractivity contribution in [3.63, 3.8) is 0 Å². The predicted molar refractivity (Wildman–Crippen MR) is 95.2 cm³/mol. The lowest BCUT2D eigenvalue weighted by atomic mass is 9.97. The highest BCUT2D eigenvalue weighted by Crippen LogP contribution is 2.21. The normalized spacial score (nSPS) is 11.8. The Bertz CT molecular complexity index is 713. The van der Waals surface area contributed by atoms with Crippen LogP contribution in [0.25, 0.3) is 0 Å². The summed E-state index contributed by atoms with van der Waals surface area (Å²) in [5, 5.41) is 12.3. The molecule has 0 fully saturated rings. The standard InChI is InChI=1S/C20H23NO4/c1-14(2)11-18(15-7-4-3-5-8-15)21-19(23)13-25-20(24)16-9-6-10-17(22)12-16/h3-10,12,14,18,22H,11,13H2,1-2H3,(H,21,23)/t18-/m0/s1. The van der Waals surface area contributed by atoms with Crippen molar-refractivity contribution >= 4 is 11.9 Å². The van der Waals surface area contributed by atoms with Gasteiger partial charge in [-0.1, -0.05) is 50.2 Å². The van der Waals surface area contributed by atoms with Gasteiger partial charge in [0.15, 0.2) is 6.61 Å². The van der Waals surface area contributed by atoms with Gasteiger partial charge in [-0.2, -0.15) is 0 Å². The number of benzene rings is 2. The molecule has 0 spiro atoms. The zero-order chi connectivity index (χ0) is 18.2. The van der Waals surface area contributed by atoms with Gasteiger partial charge in [-0.3, -0.25) is 4.79 Å². The van der Waals surface area contributed by atoms with Crippen LogP contribution in [0.2, 0.25) is 0 Å². The number of nitrogens with one attached hydrogen (secondary N) is 1. The number of amides is 1. The summed E-state index contributed by atoms with van der Waals surface area (Å²) in [4.78, 5) is 24.1. The Hall–Kier alpha value is -2.82. The third kappa shape index (κ3) is 5.95. The molecular weight excluding hydrogens is 318 g/mol. The van der Waals surface area contributed by atoms with Crippen molar-refractivity contribution in [2.75, 3.05) is 6.61 Å². The van der Waals surface area contributed by atoms with Crippen molar-refractivity contribution in [1.29, 1.82) is 0 Å². The minimum absolute atomic E-state index is 0.0278. The molecule has 2 N–H and O–H groups in total. The van der Waals surface area contributed by atoms with Crippen LogP contribution in [0.5, 0.6) is 5.75 Å². The van der Waals surface area contributed by atoms with Crippen LogP contribution in [-0.2, 0) is 9.53 Å². The topological polar surface area (TPSA) is 75.6 Å². The minimum Gasteiger partial charge on any atom is -0.508 e. The molecule has 0 aliphatic carbocycles. The molecule has 0 aromatic heterocycles. The zero-order valence-electron chi connectivity index (χ0n) is 14.4. The molecule has 2 rings (SSSR count). The summed E-state index contributed by atoms with van der Waals surface area (Å²) < 4.78 is 5.02. The third-order valence-corrected chi connectivity index (χ3v) is 3.66. The van der Waals surface area contributed by atoms with Gasteiger partial charge < -0.3 is 15.2 Å². The van der Waals surface area contributed by atoms with Crippen LogP contribution in [0.3, 0.4) is 0 Å². The number of aromatic hydroxyl groups is 1. The average Bonchev–Trinajstić information content (AvgIpc) is 2.59. The maximum Gasteiger partial charge on any atom is 0.338 e. The van der Waals surface area contributed by atoms with Crippen LogP contribution < -0.4 is 5.32 Å². The summed E-state index contributed by atoms with van der Waals surface area (Å²) in [6, 6.07) is 15.4. The van der Waals surface area contributed by atoms with Crippen LogP contribution in [0.15, 0.2) is 54.6 Å². The Labute approximate surface area is 147 Å². The van der Waals surface area contributed by atoms with Crippen LogP contribution in [0.4, 0.5) is 0 Å². The first-order chi connectivity index (χ1) is 12.0.